The predicted molar refractivity (Wildman–Crippen MR) is 62.9 cm³/mol. The number of thioether (sulfide) groups is 1. The molecule has 3 heteroatoms. The van der Waals surface area contributed by atoms with E-state index in [-0.39, 0.29) is 5.97 Å². The molecule has 0 saturated carbocycles. The Kier molecular flexibility index (Phi) is 4.98. The third kappa shape index (κ3) is 4.70. The van der Waals surface area contributed by atoms with Gasteiger partial charge in [-0.3, -0.25) is 0 Å². The third-order valence-electron chi connectivity index (χ3n) is 1.78. The van der Waals surface area contributed by atoms with Crippen molar-refractivity contribution in [1.82, 2.24) is 0 Å². The molecule has 0 aliphatic heterocycles. The molecule has 0 N–H and O–H groups in total. The monoisotopic (exact) mass is 222 g/mol. The Balaban J connectivity index is 2.44. The highest BCUT2D eigenvalue weighted by Gasteiger charge is 1.98. The Labute approximate surface area is 94.3 Å². The van der Waals surface area contributed by atoms with Crippen molar-refractivity contribution in [2.24, 2.45) is 0 Å². The van der Waals surface area contributed by atoms with E-state index in [1.165, 1.54) is 18.1 Å². The number of hydrogen-bond acceptors (Lipinski definition) is 3. The van der Waals surface area contributed by atoms with Crippen LogP contribution in [0.25, 0.3) is 0 Å². The van der Waals surface area contributed by atoms with Gasteiger partial charge in [-0.1, -0.05) is 23.8 Å². The van der Waals surface area contributed by atoms with Crippen molar-refractivity contribution in [2.45, 2.75) is 11.8 Å². The highest BCUT2D eigenvalue weighted by Crippen LogP contribution is 2.19. The topological polar surface area (TPSA) is 26.3 Å². The molecule has 0 saturated heterocycles. The van der Waals surface area contributed by atoms with E-state index >= 15 is 0 Å². The lowest BCUT2D eigenvalue weighted by Crippen LogP contribution is -1.96. The van der Waals surface area contributed by atoms with Crippen LogP contribution in [0.15, 0.2) is 46.9 Å². The molecule has 0 spiro atoms. The largest absolute Gasteiger partial charge is 0.466 e. The molecule has 15 heavy (non-hydrogen) atoms. The summed E-state index contributed by atoms with van der Waals surface area (Å²) in [5.74, 6) is 0.514. The third-order valence-corrected chi connectivity index (χ3v) is 2.98. The zero-order valence-corrected chi connectivity index (χ0v) is 9.71. The lowest BCUT2D eigenvalue weighted by Gasteiger charge is -2.01. The van der Waals surface area contributed by atoms with Crippen molar-refractivity contribution in [3.8, 4) is 0 Å². The first-order valence-corrected chi connectivity index (χ1v) is 5.64. The van der Waals surface area contributed by atoms with Crippen LogP contribution in [0.4, 0.5) is 0 Å². The molecule has 0 aliphatic rings. The lowest BCUT2D eigenvalue weighted by atomic mass is 10.3. The molecule has 0 unspecified atom stereocenters. The fraction of sp³-hybridized carbons (Fsp3) is 0.250. The Morgan fingerprint density at radius 2 is 2.07 bits per heavy atom. The maximum Gasteiger partial charge on any atom is 0.330 e. The van der Waals surface area contributed by atoms with Gasteiger partial charge in [-0.2, -0.15) is 0 Å². The number of benzene rings is 1. The van der Waals surface area contributed by atoms with Gasteiger partial charge < -0.3 is 4.74 Å². The SMILES string of the molecule is COC(=O)/C=C(/C)CSc1ccccc1. The van der Waals surface area contributed by atoms with Crippen molar-refractivity contribution in [3.63, 3.8) is 0 Å². The van der Waals surface area contributed by atoms with Gasteiger partial charge in [0.2, 0.25) is 0 Å². The summed E-state index contributed by atoms with van der Waals surface area (Å²) in [6.45, 7) is 1.92. The van der Waals surface area contributed by atoms with Gasteiger partial charge >= 0.3 is 5.97 Å². The summed E-state index contributed by atoms with van der Waals surface area (Å²) in [6.07, 6.45) is 1.52. The van der Waals surface area contributed by atoms with E-state index < -0.39 is 0 Å². The van der Waals surface area contributed by atoms with E-state index in [1.54, 1.807) is 11.8 Å². The summed E-state index contributed by atoms with van der Waals surface area (Å²) in [4.78, 5) is 12.1. The highest BCUT2D eigenvalue weighted by molar-refractivity contribution is 7.99. The van der Waals surface area contributed by atoms with Crippen LogP contribution < -0.4 is 0 Å². The van der Waals surface area contributed by atoms with Crippen molar-refractivity contribution in [1.29, 1.82) is 0 Å². The number of esters is 1. The molecular formula is C12H14O2S. The van der Waals surface area contributed by atoms with Crippen LogP contribution in [0.2, 0.25) is 0 Å². The Morgan fingerprint density at radius 3 is 2.67 bits per heavy atom. The molecule has 0 fully saturated rings. The summed E-state index contributed by atoms with van der Waals surface area (Å²) in [5.41, 5.74) is 1.01. The van der Waals surface area contributed by atoms with Crippen molar-refractivity contribution >= 4 is 17.7 Å². The molecule has 0 aliphatic carbocycles. The Bertz CT molecular complexity index is 344. The van der Waals surface area contributed by atoms with Gasteiger partial charge in [-0.15, -0.1) is 11.8 Å². The van der Waals surface area contributed by atoms with E-state index in [2.05, 4.69) is 16.9 Å². The van der Waals surface area contributed by atoms with Crippen LogP contribution in [0.3, 0.4) is 0 Å². The smallest absolute Gasteiger partial charge is 0.330 e. The van der Waals surface area contributed by atoms with Crippen LogP contribution in [0, 0.1) is 0 Å². The van der Waals surface area contributed by atoms with Crippen LogP contribution >= 0.6 is 11.8 Å². The van der Waals surface area contributed by atoms with Crippen LogP contribution in [0.1, 0.15) is 6.92 Å². The predicted octanol–water partition coefficient (Wildman–Crippen LogP) is 2.90. The number of carbonyl (C=O) groups excluding carboxylic acids is 1. The lowest BCUT2D eigenvalue weighted by molar-refractivity contribution is -0.134. The van der Waals surface area contributed by atoms with Gasteiger partial charge in [0.05, 0.1) is 7.11 Å². The summed E-state index contributed by atoms with van der Waals surface area (Å²) < 4.78 is 4.55. The summed E-state index contributed by atoms with van der Waals surface area (Å²) >= 11 is 1.70. The van der Waals surface area contributed by atoms with Crippen molar-refractivity contribution in [2.75, 3.05) is 12.9 Å². The number of hydrogen-bond donors (Lipinski definition) is 0. The van der Waals surface area contributed by atoms with E-state index in [0.29, 0.717) is 0 Å². The second kappa shape index (κ2) is 6.30. The minimum Gasteiger partial charge on any atom is -0.466 e. The van der Waals surface area contributed by atoms with Gasteiger partial charge in [-0.05, 0) is 19.1 Å². The van der Waals surface area contributed by atoms with Gasteiger partial charge in [0, 0.05) is 16.7 Å². The molecule has 0 aromatic heterocycles. The van der Waals surface area contributed by atoms with Crippen molar-refractivity contribution < 1.29 is 9.53 Å². The molecule has 0 heterocycles. The summed E-state index contributed by atoms with van der Waals surface area (Å²) in [7, 11) is 1.39. The number of ether oxygens (including phenoxy) is 1. The molecule has 1 rings (SSSR count). The Morgan fingerprint density at radius 1 is 1.40 bits per heavy atom. The first-order chi connectivity index (χ1) is 7.22. The molecule has 80 valence electrons. The summed E-state index contributed by atoms with van der Waals surface area (Å²) in [5, 5.41) is 0. The fourth-order valence-electron chi connectivity index (χ4n) is 1.02. The zero-order valence-electron chi connectivity index (χ0n) is 8.90. The van der Waals surface area contributed by atoms with Crippen LogP contribution in [0.5, 0.6) is 0 Å². The van der Waals surface area contributed by atoms with Gasteiger partial charge in [0.25, 0.3) is 0 Å². The van der Waals surface area contributed by atoms with E-state index in [1.807, 2.05) is 25.1 Å². The molecule has 0 radical (unpaired) electrons. The van der Waals surface area contributed by atoms with Crippen LogP contribution in [-0.2, 0) is 9.53 Å². The fourth-order valence-corrected chi connectivity index (χ4v) is 1.84. The highest BCUT2D eigenvalue weighted by atomic mass is 32.2. The minimum absolute atomic E-state index is 0.291. The number of methoxy groups -OCH3 is 1. The first-order valence-electron chi connectivity index (χ1n) is 4.65. The molecule has 0 bridgehead atoms. The molecule has 1 aromatic rings. The minimum atomic E-state index is -0.291. The molecular weight excluding hydrogens is 208 g/mol. The molecule has 0 amide bonds. The van der Waals surface area contributed by atoms with Gasteiger partial charge in [-0.25, -0.2) is 4.79 Å². The molecule has 1 aromatic carbocycles. The quantitative estimate of drug-likeness (QED) is 0.445. The maximum absolute atomic E-state index is 10.9. The first kappa shape index (κ1) is 11.9. The van der Waals surface area contributed by atoms with Crippen LogP contribution in [-0.4, -0.2) is 18.8 Å². The zero-order chi connectivity index (χ0) is 11.1. The van der Waals surface area contributed by atoms with E-state index in [4.69, 9.17) is 0 Å². The molecule has 0 atom stereocenters. The number of carbonyl (C=O) groups is 1. The number of rotatable bonds is 4. The van der Waals surface area contributed by atoms with E-state index in [0.717, 1.165) is 11.3 Å². The molecule has 2 nitrogen and oxygen atoms in total. The Hall–Kier alpha value is -1.22. The van der Waals surface area contributed by atoms with Gasteiger partial charge in [0.15, 0.2) is 0 Å². The second-order valence-electron chi connectivity index (χ2n) is 3.12. The second-order valence-corrected chi connectivity index (χ2v) is 4.16. The summed E-state index contributed by atoms with van der Waals surface area (Å²) in [6, 6.07) is 10.1. The van der Waals surface area contributed by atoms with E-state index in [9.17, 15) is 4.79 Å². The normalized spacial score (nSPS) is 11.2. The standard InChI is InChI=1S/C12H14O2S/c1-10(8-12(13)14-2)9-15-11-6-4-3-5-7-11/h3-8H,9H2,1-2H3/b10-8-. The van der Waals surface area contributed by atoms with Gasteiger partial charge in [0.1, 0.15) is 0 Å². The van der Waals surface area contributed by atoms with Crippen molar-refractivity contribution in [3.05, 3.63) is 42.0 Å². The average Bonchev–Trinajstić information content (AvgIpc) is 2.27. The maximum atomic E-state index is 10.9. The average molecular weight is 222 g/mol.